The predicted molar refractivity (Wildman–Crippen MR) is 85.9 cm³/mol. The highest BCUT2D eigenvalue weighted by Crippen LogP contribution is 2.28. The molecule has 0 bridgehead atoms. The largest absolute Gasteiger partial charge is 0.497 e. The Morgan fingerprint density at radius 1 is 1.00 bits per heavy atom. The van der Waals surface area contributed by atoms with E-state index in [9.17, 15) is 0 Å². The van der Waals surface area contributed by atoms with E-state index in [-0.39, 0.29) is 6.10 Å². The monoisotopic (exact) mass is 285 g/mol. The molecule has 0 aliphatic heterocycles. The topological polar surface area (TPSA) is 30.5 Å². The number of nitrogens with one attached hydrogen (secondary N) is 1. The molecule has 2 rings (SSSR count). The third-order valence-corrected chi connectivity index (χ3v) is 3.55. The molecule has 0 aliphatic rings. The molecular weight excluding hydrogens is 262 g/mol. The van der Waals surface area contributed by atoms with Gasteiger partial charge in [-0.25, -0.2) is 0 Å². The normalized spacial score (nSPS) is 13.5. The van der Waals surface area contributed by atoms with Crippen molar-refractivity contribution in [2.75, 3.05) is 14.2 Å². The molecule has 2 unspecified atom stereocenters. The lowest BCUT2D eigenvalue weighted by Crippen LogP contribution is -2.25. The third kappa shape index (κ3) is 4.50. The van der Waals surface area contributed by atoms with Crippen LogP contribution in [0, 0.1) is 0 Å². The van der Waals surface area contributed by atoms with E-state index < -0.39 is 0 Å². The summed E-state index contributed by atoms with van der Waals surface area (Å²) in [6, 6.07) is 18.4. The van der Waals surface area contributed by atoms with Crippen LogP contribution >= 0.6 is 0 Å². The van der Waals surface area contributed by atoms with Crippen molar-refractivity contribution in [1.29, 1.82) is 0 Å². The minimum Gasteiger partial charge on any atom is -0.497 e. The van der Waals surface area contributed by atoms with Crippen LogP contribution in [0.4, 0.5) is 0 Å². The van der Waals surface area contributed by atoms with E-state index in [1.807, 2.05) is 49.5 Å². The van der Waals surface area contributed by atoms with Crippen LogP contribution in [0.15, 0.2) is 54.6 Å². The standard InChI is InChI=1S/C18H23NO2/c1-14(19-2)12-18(15-8-5-4-6-9-15)21-17-11-7-10-16(13-17)20-3/h4-11,13-14,18-19H,12H2,1-3H3. The zero-order chi connectivity index (χ0) is 15.1. The first-order valence-corrected chi connectivity index (χ1v) is 7.26. The van der Waals surface area contributed by atoms with Crippen molar-refractivity contribution in [3.8, 4) is 11.5 Å². The number of hydrogen-bond acceptors (Lipinski definition) is 3. The Morgan fingerprint density at radius 3 is 2.38 bits per heavy atom. The second-order valence-electron chi connectivity index (χ2n) is 5.12. The van der Waals surface area contributed by atoms with Crippen LogP contribution in [0.3, 0.4) is 0 Å². The van der Waals surface area contributed by atoms with Gasteiger partial charge in [0.1, 0.15) is 17.6 Å². The second-order valence-corrected chi connectivity index (χ2v) is 5.12. The van der Waals surface area contributed by atoms with Crippen LogP contribution in [-0.4, -0.2) is 20.2 Å². The molecule has 3 nitrogen and oxygen atoms in total. The predicted octanol–water partition coefficient (Wildman–Crippen LogP) is 3.81. The summed E-state index contributed by atoms with van der Waals surface area (Å²) in [6.45, 7) is 2.16. The van der Waals surface area contributed by atoms with Gasteiger partial charge in [0.25, 0.3) is 0 Å². The van der Waals surface area contributed by atoms with E-state index in [1.54, 1.807) is 7.11 Å². The van der Waals surface area contributed by atoms with Gasteiger partial charge < -0.3 is 14.8 Å². The maximum absolute atomic E-state index is 6.20. The fraction of sp³-hybridized carbons (Fsp3) is 0.333. The summed E-state index contributed by atoms with van der Waals surface area (Å²) in [6.07, 6.45) is 0.915. The molecule has 0 aliphatic carbocycles. The molecular formula is C18H23NO2. The van der Waals surface area contributed by atoms with Crippen molar-refractivity contribution in [1.82, 2.24) is 5.32 Å². The maximum atomic E-state index is 6.20. The highest BCUT2D eigenvalue weighted by atomic mass is 16.5. The van der Waals surface area contributed by atoms with Crippen molar-refractivity contribution >= 4 is 0 Å². The van der Waals surface area contributed by atoms with Crippen LogP contribution in [0.1, 0.15) is 25.0 Å². The lowest BCUT2D eigenvalue weighted by Gasteiger charge is -2.23. The van der Waals surface area contributed by atoms with Gasteiger partial charge in [-0.15, -0.1) is 0 Å². The third-order valence-electron chi connectivity index (χ3n) is 3.55. The zero-order valence-electron chi connectivity index (χ0n) is 12.9. The smallest absolute Gasteiger partial charge is 0.125 e. The lowest BCUT2D eigenvalue weighted by molar-refractivity contribution is 0.181. The Kier molecular flexibility index (Phi) is 5.64. The van der Waals surface area contributed by atoms with Gasteiger partial charge in [-0.05, 0) is 31.7 Å². The molecule has 3 heteroatoms. The van der Waals surface area contributed by atoms with E-state index in [1.165, 1.54) is 5.56 Å². The van der Waals surface area contributed by atoms with E-state index in [4.69, 9.17) is 9.47 Å². The SMILES string of the molecule is CNC(C)CC(Oc1cccc(OC)c1)c1ccccc1. The molecule has 0 amide bonds. The highest BCUT2D eigenvalue weighted by Gasteiger charge is 2.16. The van der Waals surface area contributed by atoms with Crippen molar-refractivity contribution < 1.29 is 9.47 Å². The fourth-order valence-corrected chi connectivity index (χ4v) is 2.20. The van der Waals surface area contributed by atoms with E-state index >= 15 is 0 Å². The average molecular weight is 285 g/mol. The molecule has 0 spiro atoms. The first kappa shape index (κ1) is 15.4. The maximum Gasteiger partial charge on any atom is 0.125 e. The second kappa shape index (κ2) is 7.70. The van der Waals surface area contributed by atoms with Gasteiger partial charge in [0.2, 0.25) is 0 Å². The molecule has 112 valence electrons. The zero-order valence-corrected chi connectivity index (χ0v) is 12.9. The molecule has 21 heavy (non-hydrogen) atoms. The Hall–Kier alpha value is -2.00. The molecule has 2 aromatic rings. The van der Waals surface area contributed by atoms with Crippen molar-refractivity contribution in [2.45, 2.75) is 25.5 Å². The van der Waals surface area contributed by atoms with Gasteiger partial charge in [0, 0.05) is 18.5 Å². The van der Waals surface area contributed by atoms with Gasteiger partial charge in [-0.1, -0.05) is 36.4 Å². The highest BCUT2D eigenvalue weighted by molar-refractivity contribution is 5.33. The van der Waals surface area contributed by atoms with E-state index in [0.29, 0.717) is 6.04 Å². The molecule has 0 heterocycles. The first-order chi connectivity index (χ1) is 10.2. The summed E-state index contributed by atoms with van der Waals surface area (Å²) >= 11 is 0. The van der Waals surface area contributed by atoms with Crippen LogP contribution < -0.4 is 14.8 Å². The Balaban J connectivity index is 2.19. The average Bonchev–Trinajstić information content (AvgIpc) is 2.55. The summed E-state index contributed by atoms with van der Waals surface area (Å²) in [5, 5.41) is 3.27. The van der Waals surface area contributed by atoms with E-state index in [2.05, 4.69) is 24.4 Å². The molecule has 0 aromatic heterocycles. The van der Waals surface area contributed by atoms with Gasteiger partial charge in [0.05, 0.1) is 7.11 Å². The Morgan fingerprint density at radius 2 is 1.71 bits per heavy atom. The first-order valence-electron chi connectivity index (χ1n) is 7.26. The van der Waals surface area contributed by atoms with Crippen LogP contribution in [0.5, 0.6) is 11.5 Å². The van der Waals surface area contributed by atoms with Crippen LogP contribution in [0.25, 0.3) is 0 Å². The molecule has 0 saturated carbocycles. The Labute approximate surface area is 126 Å². The summed E-state index contributed by atoms with van der Waals surface area (Å²) in [5.74, 6) is 1.63. The minimum atomic E-state index is 0.0146. The summed E-state index contributed by atoms with van der Waals surface area (Å²) in [5.41, 5.74) is 1.18. The number of ether oxygens (including phenoxy) is 2. The molecule has 0 saturated heterocycles. The van der Waals surface area contributed by atoms with Gasteiger partial charge in [0.15, 0.2) is 0 Å². The number of benzene rings is 2. The van der Waals surface area contributed by atoms with Gasteiger partial charge in [-0.2, -0.15) is 0 Å². The van der Waals surface area contributed by atoms with Gasteiger partial charge in [-0.3, -0.25) is 0 Å². The van der Waals surface area contributed by atoms with E-state index in [0.717, 1.165) is 17.9 Å². The number of hydrogen-bond donors (Lipinski definition) is 1. The van der Waals surface area contributed by atoms with Crippen molar-refractivity contribution in [3.63, 3.8) is 0 Å². The molecule has 2 aromatic carbocycles. The van der Waals surface area contributed by atoms with Crippen molar-refractivity contribution in [3.05, 3.63) is 60.2 Å². The Bertz CT molecular complexity index is 542. The quantitative estimate of drug-likeness (QED) is 0.839. The summed E-state index contributed by atoms with van der Waals surface area (Å²) in [4.78, 5) is 0. The minimum absolute atomic E-state index is 0.0146. The lowest BCUT2D eigenvalue weighted by atomic mass is 10.0. The molecule has 1 N–H and O–H groups in total. The molecule has 2 atom stereocenters. The molecule has 0 fully saturated rings. The number of rotatable bonds is 7. The summed E-state index contributed by atoms with van der Waals surface area (Å²) < 4.78 is 11.4. The molecule has 0 radical (unpaired) electrons. The summed E-state index contributed by atoms with van der Waals surface area (Å²) in [7, 11) is 3.63. The number of methoxy groups -OCH3 is 1. The van der Waals surface area contributed by atoms with Crippen molar-refractivity contribution in [2.24, 2.45) is 0 Å². The van der Waals surface area contributed by atoms with Crippen LogP contribution in [-0.2, 0) is 0 Å². The van der Waals surface area contributed by atoms with Crippen LogP contribution in [0.2, 0.25) is 0 Å². The fourth-order valence-electron chi connectivity index (χ4n) is 2.20. The van der Waals surface area contributed by atoms with Gasteiger partial charge >= 0.3 is 0 Å².